The van der Waals surface area contributed by atoms with Crippen LogP contribution >= 0.6 is 0 Å². The third kappa shape index (κ3) is 1.04. The number of hydrogen-bond acceptors (Lipinski definition) is 3. The van der Waals surface area contributed by atoms with Crippen molar-refractivity contribution in [2.24, 2.45) is 7.05 Å². The number of aromatic nitrogens is 4. The van der Waals surface area contributed by atoms with E-state index in [1.54, 1.807) is 24.1 Å². The molecule has 2 heterocycles. The zero-order valence-corrected chi connectivity index (χ0v) is 7.56. The first-order valence-corrected chi connectivity index (χ1v) is 4.11. The molecular formula is C8H10N4O. The van der Waals surface area contributed by atoms with Crippen LogP contribution in [0, 0.1) is 0 Å². The molecule has 5 heteroatoms. The molecule has 0 atom stereocenters. The first-order chi connectivity index (χ1) is 6.24. The maximum absolute atomic E-state index is 11.7. The Balaban J connectivity index is 2.92. The van der Waals surface area contributed by atoms with Crippen LogP contribution in [0.2, 0.25) is 0 Å². The number of nitrogens with zero attached hydrogens (tertiary/aromatic N) is 4. The Bertz CT molecular complexity index is 496. The van der Waals surface area contributed by atoms with Crippen LogP contribution in [0.3, 0.4) is 0 Å². The van der Waals surface area contributed by atoms with E-state index in [1.807, 2.05) is 6.92 Å². The highest BCUT2D eigenvalue weighted by Crippen LogP contribution is 2.02. The lowest BCUT2D eigenvalue weighted by Crippen LogP contribution is -2.22. The Morgan fingerprint density at radius 3 is 3.00 bits per heavy atom. The highest BCUT2D eigenvalue weighted by molar-refractivity contribution is 5.72. The summed E-state index contributed by atoms with van der Waals surface area (Å²) in [7, 11) is 1.80. The van der Waals surface area contributed by atoms with Crippen LogP contribution in [0.15, 0.2) is 17.3 Å². The van der Waals surface area contributed by atoms with E-state index in [2.05, 4.69) is 10.1 Å². The fourth-order valence-corrected chi connectivity index (χ4v) is 1.33. The van der Waals surface area contributed by atoms with Gasteiger partial charge in [-0.3, -0.25) is 4.79 Å². The van der Waals surface area contributed by atoms with Crippen molar-refractivity contribution in [2.45, 2.75) is 13.5 Å². The smallest absolute Gasteiger partial charge is 0.292 e. The largest absolute Gasteiger partial charge is 0.329 e. The quantitative estimate of drug-likeness (QED) is 0.624. The maximum Gasteiger partial charge on any atom is 0.292 e. The van der Waals surface area contributed by atoms with Crippen LogP contribution in [-0.2, 0) is 13.6 Å². The fraction of sp³-hybridized carbons (Fsp3) is 0.375. The Morgan fingerprint density at radius 1 is 1.54 bits per heavy atom. The molecule has 0 N–H and O–H groups in total. The second-order valence-electron chi connectivity index (χ2n) is 2.85. The fourth-order valence-electron chi connectivity index (χ4n) is 1.33. The summed E-state index contributed by atoms with van der Waals surface area (Å²) in [5.41, 5.74) is 1.18. The van der Waals surface area contributed by atoms with Crippen LogP contribution in [0.1, 0.15) is 6.92 Å². The second kappa shape index (κ2) is 2.69. The molecule has 13 heavy (non-hydrogen) atoms. The highest BCUT2D eigenvalue weighted by Gasteiger charge is 2.06. The molecule has 68 valence electrons. The average molecular weight is 178 g/mol. The molecule has 0 aliphatic heterocycles. The Labute approximate surface area is 74.6 Å². The predicted molar refractivity (Wildman–Crippen MR) is 48.4 cm³/mol. The van der Waals surface area contributed by atoms with E-state index in [0.717, 1.165) is 0 Å². The van der Waals surface area contributed by atoms with Gasteiger partial charge in [0.15, 0.2) is 0 Å². The maximum atomic E-state index is 11.7. The van der Waals surface area contributed by atoms with Gasteiger partial charge in [-0.2, -0.15) is 5.10 Å². The first kappa shape index (κ1) is 7.97. The van der Waals surface area contributed by atoms with Crippen molar-refractivity contribution in [3.05, 3.63) is 22.9 Å². The van der Waals surface area contributed by atoms with Gasteiger partial charge in [-0.1, -0.05) is 0 Å². The van der Waals surface area contributed by atoms with E-state index >= 15 is 0 Å². The average Bonchev–Trinajstić information content (AvgIpc) is 2.49. The third-order valence-electron chi connectivity index (χ3n) is 2.02. The topological polar surface area (TPSA) is 52.7 Å². The minimum Gasteiger partial charge on any atom is -0.329 e. The van der Waals surface area contributed by atoms with Gasteiger partial charge in [0.05, 0.1) is 12.5 Å². The molecule has 2 rings (SSSR count). The molecule has 0 radical (unpaired) electrons. The van der Waals surface area contributed by atoms with Gasteiger partial charge in [-0.25, -0.2) is 9.67 Å². The van der Waals surface area contributed by atoms with Crippen LogP contribution in [0.25, 0.3) is 11.0 Å². The molecule has 5 nitrogen and oxygen atoms in total. The van der Waals surface area contributed by atoms with Crippen molar-refractivity contribution in [3.63, 3.8) is 0 Å². The molecule has 0 aromatic carbocycles. The Morgan fingerprint density at radius 2 is 2.31 bits per heavy atom. The molecule has 0 aliphatic carbocycles. The molecule has 2 aromatic heterocycles. The van der Waals surface area contributed by atoms with Gasteiger partial charge in [-0.15, -0.1) is 0 Å². The minimum atomic E-state index is -0.0833. The van der Waals surface area contributed by atoms with E-state index in [1.165, 1.54) is 4.68 Å². The summed E-state index contributed by atoms with van der Waals surface area (Å²) < 4.78 is 3.13. The number of fused-ring (bicyclic) bond motifs is 1. The van der Waals surface area contributed by atoms with Crippen molar-refractivity contribution < 1.29 is 0 Å². The molecule has 0 spiro atoms. The van der Waals surface area contributed by atoms with Gasteiger partial charge < -0.3 is 4.57 Å². The third-order valence-corrected chi connectivity index (χ3v) is 2.02. The molecule has 0 saturated carbocycles. The lowest BCUT2D eigenvalue weighted by Gasteiger charge is -1.99. The summed E-state index contributed by atoms with van der Waals surface area (Å²) >= 11 is 0. The van der Waals surface area contributed by atoms with E-state index in [0.29, 0.717) is 17.6 Å². The first-order valence-electron chi connectivity index (χ1n) is 4.11. The molecule has 0 saturated heterocycles. The summed E-state index contributed by atoms with van der Waals surface area (Å²) in [4.78, 5) is 15.7. The second-order valence-corrected chi connectivity index (χ2v) is 2.85. The van der Waals surface area contributed by atoms with Crippen molar-refractivity contribution in [2.75, 3.05) is 0 Å². The SMILES string of the molecule is CCn1ncc2ncn(C)c2c1=O. The van der Waals surface area contributed by atoms with Gasteiger partial charge in [0, 0.05) is 13.6 Å². The van der Waals surface area contributed by atoms with Gasteiger partial charge in [0.2, 0.25) is 0 Å². The number of rotatable bonds is 1. The zero-order valence-electron chi connectivity index (χ0n) is 7.56. The van der Waals surface area contributed by atoms with Gasteiger partial charge >= 0.3 is 0 Å². The van der Waals surface area contributed by atoms with Crippen molar-refractivity contribution >= 4 is 11.0 Å². The Kier molecular flexibility index (Phi) is 1.65. The minimum absolute atomic E-state index is 0.0833. The number of hydrogen-bond donors (Lipinski definition) is 0. The molecule has 0 unspecified atom stereocenters. The van der Waals surface area contributed by atoms with Crippen LogP contribution in [-0.4, -0.2) is 19.3 Å². The predicted octanol–water partition coefficient (Wildman–Crippen LogP) is 0.150. The standard InChI is InChI=1S/C8H10N4O/c1-3-12-8(13)7-6(4-10-12)9-5-11(7)2/h4-5H,3H2,1-2H3. The van der Waals surface area contributed by atoms with E-state index < -0.39 is 0 Å². The van der Waals surface area contributed by atoms with Crippen LogP contribution < -0.4 is 5.56 Å². The molecule has 2 aromatic rings. The zero-order chi connectivity index (χ0) is 9.42. The van der Waals surface area contributed by atoms with E-state index in [9.17, 15) is 4.79 Å². The molecule has 0 bridgehead atoms. The summed E-state index contributed by atoms with van der Waals surface area (Å²) in [5, 5.41) is 3.97. The van der Waals surface area contributed by atoms with Gasteiger partial charge in [-0.05, 0) is 6.92 Å². The Hall–Kier alpha value is -1.65. The van der Waals surface area contributed by atoms with Crippen molar-refractivity contribution in [1.82, 2.24) is 19.3 Å². The van der Waals surface area contributed by atoms with Crippen LogP contribution in [0.5, 0.6) is 0 Å². The van der Waals surface area contributed by atoms with Crippen molar-refractivity contribution in [3.8, 4) is 0 Å². The molecule has 0 aliphatic rings. The summed E-state index contributed by atoms with van der Waals surface area (Å²) in [5.74, 6) is 0. The summed E-state index contributed by atoms with van der Waals surface area (Å²) in [6, 6.07) is 0. The normalized spacial score (nSPS) is 10.9. The van der Waals surface area contributed by atoms with Gasteiger partial charge in [0.25, 0.3) is 5.56 Å². The lowest BCUT2D eigenvalue weighted by atomic mass is 10.4. The van der Waals surface area contributed by atoms with E-state index in [-0.39, 0.29) is 5.56 Å². The van der Waals surface area contributed by atoms with Crippen LogP contribution in [0.4, 0.5) is 0 Å². The summed E-state index contributed by atoms with van der Waals surface area (Å²) in [6.45, 7) is 2.47. The van der Waals surface area contributed by atoms with Gasteiger partial charge in [0.1, 0.15) is 11.0 Å². The van der Waals surface area contributed by atoms with Crippen molar-refractivity contribution in [1.29, 1.82) is 0 Å². The number of aryl methyl sites for hydroxylation is 2. The van der Waals surface area contributed by atoms with E-state index in [4.69, 9.17) is 0 Å². The highest BCUT2D eigenvalue weighted by atomic mass is 16.1. The summed E-state index contributed by atoms with van der Waals surface area (Å²) in [6.07, 6.45) is 3.23. The molecule has 0 fully saturated rings. The monoisotopic (exact) mass is 178 g/mol. The number of imidazole rings is 1. The lowest BCUT2D eigenvalue weighted by molar-refractivity contribution is 0.620. The molecule has 0 amide bonds. The molecular weight excluding hydrogens is 168 g/mol.